The van der Waals surface area contributed by atoms with Crippen molar-refractivity contribution in [3.05, 3.63) is 41.5 Å². The van der Waals surface area contributed by atoms with Crippen molar-refractivity contribution in [2.45, 2.75) is 26.2 Å². The largest absolute Gasteiger partial charge is 0.493 e. The molecule has 0 spiro atoms. The molecule has 172 valence electrons. The Morgan fingerprint density at radius 2 is 1.50 bits per heavy atom. The lowest BCUT2D eigenvalue weighted by molar-refractivity contribution is 0.0727. The monoisotopic (exact) mass is 459 g/mol. The smallest absolute Gasteiger partial charge is 0.343 e. The predicted octanol–water partition coefficient (Wildman–Crippen LogP) is 4.49. The lowest BCUT2D eigenvalue weighted by Crippen LogP contribution is -2.34. The van der Waals surface area contributed by atoms with Gasteiger partial charge in [0.1, 0.15) is 4.99 Å². The van der Waals surface area contributed by atoms with Crippen LogP contribution in [0.1, 0.15) is 42.1 Å². The number of carbonyl (C=O) groups excluding carboxylic acids is 1. The molecule has 1 aliphatic heterocycles. The van der Waals surface area contributed by atoms with Crippen LogP contribution in [0.2, 0.25) is 0 Å². The Balaban J connectivity index is 1.86. The lowest BCUT2D eigenvalue weighted by atomic mass is 10.1. The van der Waals surface area contributed by atoms with Gasteiger partial charge in [-0.1, -0.05) is 12.2 Å². The molecule has 0 atom stereocenters. The zero-order valence-corrected chi connectivity index (χ0v) is 19.8. The first-order valence-corrected chi connectivity index (χ1v) is 11.0. The van der Waals surface area contributed by atoms with Gasteiger partial charge in [0.2, 0.25) is 5.75 Å². The number of esters is 1. The summed E-state index contributed by atoms with van der Waals surface area (Å²) in [6.07, 6.45) is 3.52. The number of piperidine rings is 1. The minimum Gasteiger partial charge on any atom is -0.493 e. The molecule has 0 unspecified atom stereocenters. The van der Waals surface area contributed by atoms with Crippen molar-refractivity contribution in [3.63, 3.8) is 0 Å². The van der Waals surface area contributed by atoms with E-state index in [0.29, 0.717) is 35.4 Å². The number of hydrogen-bond donors (Lipinski definition) is 0. The molecular weight excluding hydrogens is 430 g/mol. The molecule has 0 aliphatic carbocycles. The van der Waals surface area contributed by atoms with Gasteiger partial charge in [0.05, 0.1) is 33.5 Å². The van der Waals surface area contributed by atoms with Gasteiger partial charge in [-0.3, -0.25) is 0 Å². The molecule has 2 aromatic carbocycles. The zero-order chi connectivity index (χ0) is 23.1. The maximum Gasteiger partial charge on any atom is 0.343 e. The van der Waals surface area contributed by atoms with Gasteiger partial charge in [-0.05, 0) is 56.5 Å². The first-order chi connectivity index (χ1) is 15.5. The van der Waals surface area contributed by atoms with E-state index in [0.717, 1.165) is 36.5 Å². The SMILES string of the molecule is CCOc1cc(C(=S)N2CCCCC2)ccc1OC(=O)c1cc(OC)c(OC)c(OC)c1. The number of carbonyl (C=O) groups is 1. The lowest BCUT2D eigenvalue weighted by Gasteiger charge is -2.29. The van der Waals surface area contributed by atoms with E-state index in [-0.39, 0.29) is 5.56 Å². The molecule has 3 rings (SSSR count). The van der Waals surface area contributed by atoms with E-state index in [9.17, 15) is 4.79 Å². The van der Waals surface area contributed by atoms with Crippen LogP contribution in [-0.4, -0.2) is 56.9 Å². The van der Waals surface area contributed by atoms with Crippen LogP contribution in [0.15, 0.2) is 30.3 Å². The molecule has 0 bridgehead atoms. The first kappa shape index (κ1) is 23.7. The second kappa shape index (κ2) is 11.0. The van der Waals surface area contributed by atoms with E-state index < -0.39 is 5.97 Å². The molecule has 0 N–H and O–H groups in total. The summed E-state index contributed by atoms with van der Waals surface area (Å²) in [5.74, 6) is 1.34. The number of likely N-dealkylation sites (tertiary alicyclic amines) is 1. The number of nitrogens with zero attached hydrogens (tertiary/aromatic N) is 1. The number of hydrogen-bond acceptors (Lipinski definition) is 7. The van der Waals surface area contributed by atoms with Crippen LogP contribution in [0.3, 0.4) is 0 Å². The summed E-state index contributed by atoms with van der Waals surface area (Å²) in [6, 6.07) is 8.50. The highest BCUT2D eigenvalue weighted by Crippen LogP contribution is 2.39. The summed E-state index contributed by atoms with van der Waals surface area (Å²) in [7, 11) is 4.48. The van der Waals surface area contributed by atoms with Crippen molar-refractivity contribution >= 4 is 23.2 Å². The molecule has 2 aromatic rings. The minimum atomic E-state index is -0.573. The minimum absolute atomic E-state index is 0.259. The van der Waals surface area contributed by atoms with Gasteiger partial charge in [-0.15, -0.1) is 0 Å². The van der Waals surface area contributed by atoms with Crippen LogP contribution in [0.4, 0.5) is 0 Å². The van der Waals surface area contributed by atoms with E-state index in [4.69, 9.17) is 35.9 Å². The van der Waals surface area contributed by atoms with Crippen LogP contribution < -0.4 is 23.7 Å². The summed E-state index contributed by atoms with van der Waals surface area (Å²) >= 11 is 5.69. The molecule has 0 amide bonds. The van der Waals surface area contributed by atoms with E-state index in [1.807, 2.05) is 19.1 Å². The number of benzene rings is 2. The molecule has 32 heavy (non-hydrogen) atoms. The summed E-state index contributed by atoms with van der Waals surface area (Å²) in [5, 5.41) is 0. The molecular formula is C24H29NO6S. The highest BCUT2D eigenvalue weighted by molar-refractivity contribution is 7.80. The van der Waals surface area contributed by atoms with Crippen molar-refractivity contribution in [2.24, 2.45) is 0 Å². The molecule has 0 aromatic heterocycles. The van der Waals surface area contributed by atoms with E-state index in [1.165, 1.54) is 27.8 Å². The number of methoxy groups -OCH3 is 3. The number of thiocarbonyl (C=S) groups is 1. The van der Waals surface area contributed by atoms with Crippen molar-refractivity contribution in [1.29, 1.82) is 0 Å². The van der Waals surface area contributed by atoms with Crippen LogP contribution >= 0.6 is 12.2 Å². The maximum absolute atomic E-state index is 12.9. The Bertz CT molecular complexity index is 946. The summed E-state index contributed by atoms with van der Waals surface area (Å²) in [5.41, 5.74) is 1.13. The third kappa shape index (κ3) is 5.24. The highest BCUT2D eigenvalue weighted by atomic mass is 32.1. The fourth-order valence-corrected chi connectivity index (χ4v) is 3.94. The van der Waals surface area contributed by atoms with Gasteiger partial charge >= 0.3 is 5.97 Å². The molecule has 0 radical (unpaired) electrons. The van der Waals surface area contributed by atoms with Gasteiger partial charge in [-0.25, -0.2) is 4.79 Å². The van der Waals surface area contributed by atoms with Gasteiger partial charge in [0.25, 0.3) is 0 Å². The Hall–Kier alpha value is -3.00. The van der Waals surface area contributed by atoms with Gasteiger partial charge in [-0.2, -0.15) is 0 Å². The topological polar surface area (TPSA) is 66.5 Å². The van der Waals surface area contributed by atoms with Crippen molar-refractivity contribution in [3.8, 4) is 28.7 Å². The second-order valence-corrected chi connectivity index (χ2v) is 7.64. The van der Waals surface area contributed by atoms with Crippen molar-refractivity contribution < 1.29 is 28.5 Å². The average Bonchev–Trinajstić information content (AvgIpc) is 2.84. The number of ether oxygens (including phenoxy) is 5. The van der Waals surface area contributed by atoms with E-state index in [2.05, 4.69) is 4.90 Å². The Morgan fingerprint density at radius 1 is 0.875 bits per heavy atom. The highest BCUT2D eigenvalue weighted by Gasteiger charge is 2.21. The molecule has 8 heteroatoms. The molecule has 1 aliphatic rings. The van der Waals surface area contributed by atoms with Crippen LogP contribution in [0.25, 0.3) is 0 Å². The van der Waals surface area contributed by atoms with Gasteiger partial charge in [0.15, 0.2) is 23.0 Å². The Morgan fingerprint density at radius 3 is 2.06 bits per heavy atom. The first-order valence-electron chi connectivity index (χ1n) is 10.6. The third-order valence-electron chi connectivity index (χ3n) is 5.24. The summed E-state index contributed by atoms with van der Waals surface area (Å²) < 4.78 is 27.4. The second-order valence-electron chi connectivity index (χ2n) is 7.25. The molecule has 0 saturated carbocycles. The maximum atomic E-state index is 12.9. The third-order valence-corrected chi connectivity index (χ3v) is 5.73. The zero-order valence-electron chi connectivity index (χ0n) is 18.9. The van der Waals surface area contributed by atoms with Crippen molar-refractivity contribution in [2.75, 3.05) is 41.0 Å². The van der Waals surface area contributed by atoms with Gasteiger partial charge < -0.3 is 28.6 Å². The standard InChI is InChI=1S/C24H29NO6S/c1-5-30-19-13-16(23(32)25-11-7-6-8-12-25)9-10-18(19)31-24(26)17-14-20(27-2)22(29-4)21(15-17)28-3/h9-10,13-15H,5-8,11-12H2,1-4H3. The Labute approximate surface area is 194 Å². The van der Waals surface area contributed by atoms with Crippen LogP contribution in [0.5, 0.6) is 28.7 Å². The molecule has 7 nitrogen and oxygen atoms in total. The fourth-order valence-electron chi connectivity index (χ4n) is 3.63. The predicted molar refractivity (Wildman–Crippen MR) is 126 cm³/mol. The van der Waals surface area contributed by atoms with Crippen molar-refractivity contribution in [1.82, 2.24) is 4.90 Å². The molecule has 1 saturated heterocycles. The van der Waals surface area contributed by atoms with Crippen LogP contribution in [-0.2, 0) is 0 Å². The fraction of sp³-hybridized carbons (Fsp3) is 0.417. The molecule has 1 heterocycles. The van der Waals surface area contributed by atoms with Crippen LogP contribution in [0, 0.1) is 0 Å². The Kier molecular flexibility index (Phi) is 8.16. The normalized spacial score (nSPS) is 13.3. The summed E-state index contributed by atoms with van der Waals surface area (Å²) in [6.45, 7) is 4.22. The summed E-state index contributed by atoms with van der Waals surface area (Å²) in [4.78, 5) is 15.9. The van der Waals surface area contributed by atoms with E-state index >= 15 is 0 Å². The molecule has 1 fully saturated rings. The quantitative estimate of drug-likeness (QED) is 0.325. The van der Waals surface area contributed by atoms with Gasteiger partial charge in [0, 0.05) is 18.7 Å². The van der Waals surface area contributed by atoms with E-state index in [1.54, 1.807) is 18.2 Å². The average molecular weight is 460 g/mol. The number of rotatable bonds is 8.